The average Bonchev–Trinajstić information content (AvgIpc) is 2.28. The number of hydrogen-bond acceptors (Lipinski definition) is 3. The molecule has 88 valence electrons. The van der Waals surface area contributed by atoms with Gasteiger partial charge in [-0.15, -0.1) is 0 Å². The van der Waals surface area contributed by atoms with Gasteiger partial charge < -0.3 is 9.47 Å². The van der Waals surface area contributed by atoms with Crippen molar-refractivity contribution in [1.82, 2.24) is 0 Å². The van der Waals surface area contributed by atoms with Crippen LogP contribution in [-0.2, 0) is 20.7 Å². The van der Waals surface area contributed by atoms with Crippen molar-refractivity contribution in [2.75, 3.05) is 19.8 Å². The Morgan fingerprint density at radius 1 is 1.19 bits per heavy atom. The third-order valence-corrected chi connectivity index (χ3v) is 2.16. The minimum atomic E-state index is -0.205. The predicted octanol–water partition coefficient (Wildman–Crippen LogP) is 2.12. The summed E-state index contributed by atoms with van der Waals surface area (Å²) in [4.78, 5) is 11.4. The summed E-state index contributed by atoms with van der Waals surface area (Å²) >= 11 is 0. The largest absolute Gasteiger partial charge is 0.463 e. The van der Waals surface area contributed by atoms with Crippen molar-refractivity contribution in [3.05, 3.63) is 35.4 Å². The molecule has 1 rings (SSSR count). The van der Waals surface area contributed by atoms with Crippen molar-refractivity contribution < 1.29 is 14.3 Å². The summed E-state index contributed by atoms with van der Waals surface area (Å²) in [5.74, 6) is -0.205. The Morgan fingerprint density at radius 2 is 1.88 bits per heavy atom. The second-order valence-corrected chi connectivity index (χ2v) is 3.58. The molecule has 1 aromatic rings. The van der Waals surface area contributed by atoms with E-state index in [9.17, 15) is 4.79 Å². The maximum atomic E-state index is 11.4. The van der Waals surface area contributed by atoms with Crippen LogP contribution in [-0.4, -0.2) is 25.8 Å². The molecule has 0 spiro atoms. The Kier molecular flexibility index (Phi) is 5.57. The maximum absolute atomic E-state index is 11.4. The van der Waals surface area contributed by atoms with Crippen molar-refractivity contribution in [1.29, 1.82) is 0 Å². The normalized spacial score (nSPS) is 10.1. The molecule has 0 unspecified atom stereocenters. The monoisotopic (exact) mass is 222 g/mol. The van der Waals surface area contributed by atoms with Crippen molar-refractivity contribution in [2.45, 2.75) is 20.3 Å². The molecule has 0 saturated heterocycles. The summed E-state index contributed by atoms with van der Waals surface area (Å²) in [6, 6.07) is 7.86. The van der Waals surface area contributed by atoms with Gasteiger partial charge in [-0.3, -0.25) is 4.79 Å². The van der Waals surface area contributed by atoms with Crippen LogP contribution in [0.25, 0.3) is 0 Å². The molecular formula is C13H18O3. The number of carbonyl (C=O) groups excluding carboxylic acids is 1. The third-order valence-electron chi connectivity index (χ3n) is 2.16. The summed E-state index contributed by atoms with van der Waals surface area (Å²) in [7, 11) is 0. The van der Waals surface area contributed by atoms with Crippen molar-refractivity contribution in [3.63, 3.8) is 0 Å². The van der Waals surface area contributed by atoms with E-state index in [1.54, 1.807) is 0 Å². The zero-order valence-corrected chi connectivity index (χ0v) is 9.86. The van der Waals surface area contributed by atoms with Crippen LogP contribution >= 0.6 is 0 Å². The first-order valence-corrected chi connectivity index (χ1v) is 5.51. The van der Waals surface area contributed by atoms with Crippen LogP contribution in [0.4, 0.5) is 0 Å². The molecule has 3 nitrogen and oxygen atoms in total. The van der Waals surface area contributed by atoms with E-state index in [0.717, 1.165) is 5.56 Å². The lowest BCUT2D eigenvalue weighted by atomic mass is 10.1. The number of esters is 1. The Balaban J connectivity index is 2.26. The molecule has 16 heavy (non-hydrogen) atoms. The molecule has 3 heteroatoms. The Hall–Kier alpha value is -1.35. The summed E-state index contributed by atoms with van der Waals surface area (Å²) in [5, 5.41) is 0. The van der Waals surface area contributed by atoms with Gasteiger partial charge in [-0.25, -0.2) is 0 Å². The lowest BCUT2D eigenvalue weighted by molar-refractivity contribution is -0.144. The van der Waals surface area contributed by atoms with Crippen LogP contribution in [0.3, 0.4) is 0 Å². The topological polar surface area (TPSA) is 35.5 Å². The van der Waals surface area contributed by atoms with Crippen LogP contribution in [0.2, 0.25) is 0 Å². The predicted molar refractivity (Wildman–Crippen MR) is 62.3 cm³/mol. The Labute approximate surface area is 96.4 Å². The smallest absolute Gasteiger partial charge is 0.310 e. The molecule has 0 N–H and O–H groups in total. The first-order chi connectivity index (χ1) is 7.72. The van der Waals surface area contributed by atoms with Crippen LogP contribution in [0.5, 0.6) is 0 Å². The van der Waals surface area contributed by atoms with Crippen LogP contribution < -0.4 is 0 Å². The number of ether oxygens (including phenoxy) is 2. The zero-order valence-electron chi connectivity index (χ0n) is 9.86. The van der Waals surface area contributed by atoms with Crippen LogP contribution in [0.1, 0.15) is 18.1 Å². The SMILES string of the molecule is CCOCCOC(=O)Cc1ccc(C)cc1. The molecular weight excluding hydrogens is 204 g/mol. The van der Waals surface area contributed by atoms with Crippen LogP contribution in [0.15, 0.2) is 24.3 Å². The molecule has 0 fully saturated rings. The van der Waals surface area contributed by atoms with Crippen molar-refractivity contribution in [2.24, 2.45) is 0 Å². The Morgan fingerprint density at radius 3 is 2.50 bits per heavy atom. The minimum absolute atomic E-state index is 0.205. The highest BCUT2D eigenvalue weighted by Gasteiger charge is 2.03. The molecule has 0 aromatic heterocycles. The minimum Gasteiger partial charge on any atom is -0.463 e. The van der Waals surface area contributed by atoms with Crippen molar-refractivity contribution >= 4 is 5.97 Å². The van der Waals surface area contributed by atoms with E-state index >= 15 is 0 Å². The maximum Gasteiger partial charge on any atom is 0.310 e. The highest BCUT2D eigenvalue weighted by molar-refractivity contribution is 5.72. The molecule has 0 bridgehead atoms. The fraction of sp³-hybridized carbons (Fsp3) is 0.462. The van der Waals surface area contributed by atoms with Gasteiger partial charge in [0.15, 0.2) is 0 Å². The van der Waals surface area contributed by atoms with Crippen LogP contribution in [0, 0.1) is 6.92 Å². The van der Waals surface area contributed by atoms with E-state index in [4.69, 9.17) is 9.47 Å². The molecule has 0 heterocycles. The van der Waals surface area contributed by atoms with Gasteiger partial charge >= 0.3 is 5.97 Å². The fourth-order valence-electron chi connectivity index (χ4n) is 1.28. The molecule has 0 aliphatic carbocycles. The molecule has 0 saturated carbocycles. The van der Waals surface area contributed by atoms with Gasteiger partial charge in [0, 0.05) is 6.61 Å². The van der Waals surface area contributed by atoms with Gasteiger partial charge in [0.2, 0.25) is 0 Å². The first-order valence-electron chi connectivity index (χ1n) is 5.51. The van der Waals surface area contributed by atoms with E-state index in [-0.39, 0.29) is 5.97 Å². The Bertz CT molecular complexity index is 316. The molecule has 1 aromatic carbocycles. The lowest BCUT2D eigenvalue weighted by Crippen LogP contribution is -2.12. The second kappa shape index (κ2) is 7.01. The van der Waals surface area contributed by atoms with Gasteiger partial charge in [-0.2, -0.15) is 0 Å². The molecule has 0 aliphatic heterocycles. The van der Waals surface area contributed by atoms with Crippen molar-refractivity contribution in [3.8, 4) is 0 Å². The van der Waals surface area contributed by atoms with Gasteiger partial charge in [0.25, 0.3) is 0 Å². The summed E-state index contributed by atoms with van der Waals surface area (Å²) in [6.45, 7) is 5.38. The quantitative estimate of drug-likeness (QED) is 0.546. The van der Waals surface area contributed by atoms with Gasteiger partial charge in [0.05, 0.1) is 13.0 Å². The van der Waals surface area contributed by atoms with E-state index in [1.807, 2.05) is 38.1 Å². The van der Waals surface area contributed by atoms with E-state index in [1.165, 1.54) is 5.56 Å². The van der Waals surface area contributed by atoms with Gasteiger partial charge in [-0.05, 0) is 19.4 Å². The molecule has 0 aliphatic rings. The zero-order chi connectivity index (χ0) is 11.8. The van der Waals surface area contributed by atoms with E-state index in [2.05, 4.69) is 0 Å². The second-order valence-electron chi connectivity index (χ2n) is 3.58. The third kappa shape index (κ3) is 4.94. The van der Waals surface area contributed by atoms with E-state index < -0.39 is 0 Å². The lowest BCUT2D eigenvalue weighted by Gasteiger charge is -2.05. The number of carbonyl (C=O) groups is 1. The summed E-state index contributed by atoms with van der Waals surface area (Å²) in [6.07, 6.45) is 0.326. The van der Waals surface area contributed by atoms with Gasteiger partial charge in [0.1, 0.15) is 6.61 Å². The number of rotatable bonds is 6. The average molecular weight is 222 g/mol. The summed E-state index contributed by atoms with van der Waals surface area (Å²) in [5.41, 5.74) is 2.17. The van der Waals surface area contributed by atoms with Gasteiger partial charge in [-0.1, -0.05) is 29.8 Å². The first kappa shape index (κ1) is 12.7. The van der Waals surface area contributed by atoms with E-state index in [0.29, 0.717) is 26.2 Å². The highest BCUT2D eigenvalue weighted by Crippen LogP contribution is 2.04. The summed E-state index contributed by atoms with van der Waals surface area (Å²) < 4.78 is 10.1. The molecule has 0 amide bonds. The highest BCUT2D eigenvalue weighted by atomic mass is 16.6. The number of benzene rings is 1. The fourth-order valence-corrected chi connectivity index (χ4v) is 1.28. The number of hydrogen-bond donors (Lipinski definition) is 0. The molecule has 0 radical (unpaired) electrons. The number of aryl methyl sites for hydroxylation is 1. The molecule has 0 atom stereocenters. The standard InChI is InChI=1S/C13H18O3/c1-3-15-8-9-16-13(14)10-12-6-4-11(2)5-7-12/h4-7H,3,8-10H2,1-2H3.